The number of carbonyl (C=O) groups excluding carboxylic acids is 1. The summed E-state index contributed by atoms with van der Waals surface area (Å²) >= 11 is 3.50. The molecule has 3 aromatic rings. The van der Waals surface area contributed by atoms with Gasteiger partial charge >= 0.3 is 0 Å². The lowest BCUT2D eigenvalue weighted by atomic mass is 9.96. The number of hydrogen-bond donors (Lipinski definition) is 1. The smallest absolute Gasteiger partial charge is 0.248 e. The van der Waals surface area contributed by atoms with Crippen LogP contribution in [0.25, 0.3) is 11.5 Å². The zero-order valence-corrected chi connectivity index (χ0v) is 18.9. The summed E-state index contributed by atoms with van der Waals surface area (Å²) in [5.41, 5.74) is 2.24. The number of hydrogen-bond acceptors (Lipinski definition) is 5. The SMILES string of the molecule is Cc1ccc(CNC(=O)C2CCN(Cc3nnc(-c4ccccc4Br)o3)CC2)cc1F. The van der Waals surface area contributed by atoms with Gasteiger partial charge in [-0.25, -0.2) is 4.39 Å². The van der Waals surface area contributed by atoms with Gasteiger partial charge in [0.15, 0.2) is 0 Å². The van der Waals surface area contributed by atoms with Crippen molar-refractivity contribution in [3.8, 4) is 11.5 Å². The number of halogens is 2. The van der Waals surface area contributed by atoms with Crippen LogP contribution in [0.15, 0.2) is 51.4 Å². The van der Waals surface area contributed by atoms with Crippen LogP contribution in [-0.2, 0) is 17.9 Å². The Labute approximate surface area is 189 Å². The Morgan fingerprint density at radius 1 is 1.23 bits per heavy atom. The van der Waals surface area contributed by atoms with E-state index in [0.717, 1.165) is 41.5 Å². The molecule has 1 amide bonds. The molecule has 2 aromatic carbocycles. The summed E-state index contributed by atoms with van der Waals surface area (Å²) in [6.45, 7) is 4.19. The maximum Gasteiger partial charge on any atom is 0.248 e. The fourth-order valence-electron chi connectivity index (χ4n) is 3.69. The van der Waals surface area contributed by atoms with Crippen molar-refractivity contribution in [1.82, 2.24) is 20.4 Å². The van der Waals surface area contributed by atoms with Gasteiger partial charge in [0.25, 0.3) is 0 Å². The highest BCUT2D eigenvalue weighted by Gasteiger charge is 2.26. The molecular formula is C23H24BrFN4O2. The maximum absolute atomic E-state index is 13.7. The Balaban J connectivity index is 1.25. The van der Waals surface area contributed by atoms with Gasteiger partial charge in [-0.3, -0.25) is 9.69 Å². The van der Waals surface area contributed by atoms with E-state index in [9.17, 15) is 9.18 Å². The number of aryl methyl sites for hydroxylation is 1. The number of nitrogens with one attached hydrogen (secondary N) is 1. The van der Waals surface area contributed by atoms with Crippen LogP contribution in [-0.4, -0.2) is 34.1 Å². The molecule has 0 bridgehead atoms. The van der Waals surface area contributed by atoms with Crippen LogP contribution >= 0.6 is 15.9 Å². The van der Waals surface area contributed by atoms with E-state index >= 15 is 0 Å². The topological polar surface area (TPSA) is 71.3 Å². The second-order valence-electron chi connectivity index (χ2n) is 7.83. The summed E-state index contributed by atoms with van der Waals surface area (Å²) in [5, 5.41) is 11.3. The van der Waals surface area contributed by atoms with Gasteiger partial charge in [0.1, 0.15) is 5.82 Å². The van der Waals surface area contributed by atoms with Gasteiger partial charge in [0.2, 0.25) is 17.7 Å². The van der Waals surface area contributed by atoms with E-state index in [1.807, 2.05) is 30.3 Å². The Morgan fingerprint density at radius 2 is 2.00 bits per heavy atom. The van der Waals surface area contributed by atoms with E-state index in [-0.39, 0.29) is 17.6 Å². The molecule has 31 heavy (non-hydrogen) atoms. The minimum atomic E-state index is -0.246. The van der Waals surface area contributed by atoms with E-state index in [2.05, 4.69) is 36.3 Å². The third kappa shape index (κ3) is 5.37. The number of nitrogens with zero attached hydrogens (tertiary/aromatic N) is 3. The van der Waals surface area contributed by atoms with E-state index in [1.165, 1.54) is 6.07 Å². The lowest BCUT2D eigenvalue weighted by Gasteiger charge is -2.30. The molecule has 162 valence electrons. The monoisotopic (exact) mass is 486 g/mol. The van der Waals surface area contributed by atoms with Gasteiger partial charge in [0.05, 0.1) is 12.1 Å². The minimum absolute atomic E-state index is 0.0228. The average Bonchev–Trinajstić information content (AvgIpc) is 3.23. The van der Waals surface area contributed by atoms with Gasteiger partial charge in [-0.2, -0.15) is 0 Å². The molecule has 0 aliphatic carbocycles. The molecule has 0 atom stereocenters. The van der Waals surface area contributed by atoms with E-state index in [1.54, 1.807) is 13.0 Å². The normalized spacial score (nSPS) is 15.2. The molecule has 0 saturated carbocycles. The van der Waals surface area contributed by atoms with Crippen LogP contribution in [0, 0.1) is 18.7 Å². The molecule has 0 spiro atoms. The van der Waals surface area contributed by atoms with Gasteiger partial charge in [-0.05, 0) is 78.1 Å². The van der Waals surface area contributed by atoms with Crippen molar-refractivity contribution in [2.45, 2.75) is 32.9 Å². The summed E-state index contributed by atoms with van der Waals surface area (Å²) in [7, 11) is 0. The molecular weight excluding hydrogens is 463 g/mol. The van der Waals surface area contributed by atoms with E-state index < -0.39 is 0 Å². The number of benzene rings is 2. The molecule has 1 N–H and O–H groups in total. The van der Waals surface area contributed by atoms with Crippen molar-refractivity contribution in [2.75, 3.05) is 13.1 Å². The maximum atomic E-state index is 13.7. The number of rotatable bonds is 6. The summed E-state index contributed by atoms with van der Waals surface area (Å²) in [5.74, 6) is 0.794. The number of carbonyl (C=O) groups is 1. The molecule has 8 heteroatoms. The second-order valence-corrected chi connectivity index (χ2v) is 8.69. The Bertz CT molecular complexity index is 1060. The van der Waals surface area contributed by atoms with Crippen molar-refractivity contribution >= 4 is 21.8 Å². The molecule has 2 heterocycles. The lowest BCUT2D eigenvalue weighted by molar-refractivity contribution is -0.126. The van der Waals surface area contributed by atoms with Crippen molar-refractivity contribution in [1.29, 1.82) is 0 Å². The first-order valence-corrected chi connectivity index (χ1v) is 11.1. The van der Waals surface area contributed by atoms with Crippen molar-refractivity contribution in [3.05, 3.63) is 69.8 Å². The number of piperidine rings is 1. The van der Waals surface area contributed by atoms with Crippen molar-refractivity contribution < 1.29 is 13.6 Å². The molecule has 4 rings (SSSR count). The first kappa shape index (κ1) is 21.6. The third-order valence-electron chi connectivity index (χ3n) is 5.59. The summed E-state index contributed by atoms with van der Waals surface area (Å²) in [6.07, 6.45) is 1.53. The van der Waals surface area contributed by atoms with Crippen LogP contribution < -0.4 is 5.32 Å². The van der Waals surface area contributed by atoms with Crippen LogP contribution in [0.4, 0.5) is 4.39 Å². The Morgan fingerprint density at radius 3 is 2.74 bits per heavy atom. The van der Waals surface area contributed by atoms with Crippen LogP contribution in [0.3, 0.4) is 0 Å². The summed E-state index contributed by atoms with van der Waals surface area (Å²) < 4.78 is 20.4. The van der Waals surface area contributed by atoms with Gasteiger partial charge in [0, 0.05) is 16.9 Å². The summed E-state index contributed by atoms with van der Waals surface area (Å²) in [4.78, 5) is 14.7. The number of amides is 1. The first-order valence-electron chi connectivity index (χ1n) is 10.3. The van der Waals surface area contributed by atoms with E-state index in [0.29, 0.717) is 30.4 Å². The molecule has 6 nitrogen and oxygen atoms in total. The van der Waals surface area contributed by atoms with Crippen molar-refractivity contribution in [3.63, 3.8) is 0 Å². The summed E-state index contributed by atoms with van der Waals surface area (Å²) in [6, 6.07) is 12.8. The van der Waals surface area contributed by atoms with Crippen molar-refractivity contribution in [2.24, 2.45) is 5.92 Å². The molecule has 0 radical (unpaired) electrons. The molecule has 1 fully saturated rings. The van der Waals surface area contributed by atoms with Gasteiger partial charge < -0.3 is 9.73 Å². The Hall–Kier alpha value is -2.58. The highest BCUT2D eigenvalue weighted by molar-refractivity contribution is 9.10. The number of aromatic nitrogens is 2. The standard InChI is InChI=1S/C23H24BrFN4O2/c1-15-6-7-16(12-20(15)25)13-26-22(30)17-8-10-29(11-9-17)14-21-27-28-23(31-21)18-4-2-3-5-19(18)24/h2-7,12,17H,8-11,13-14H2,1H3,(H,26,30). The first-order chi connectivity index (χ1) is 15.0. The molecule has 1 aromatic heterocycles. The third-order valence-corrected chi connectivity index (χ3v) is 6.28. The Kier molecular flexibility index (Phi) is 6.77. The highest BCUT2D eigenvalue weighted by Crippen LogP contribution is 2.27. The quantitative estimate of drug-likeness (QED) is 0.556. The van der Waals surface area contributed by atoms with E-state index in [4.69, 9.17) is 4.42 Å². The van der Waals surface area contributed by atoms with Crippen LogP contribution in [0.5, 0.6) is 0 Å². The van der Waals surface area contributed by atoms with Crippen LogP contribution in [0.1, 0.15) is 29.9 Å². The predicted molar refractivity (Wildman–Crippen MR) is 118 cm³/mol. The second kappa shape index (κ2) is 9.70. The zero-order valence-electron chi connectivity index (χ0n) is 17.3. The minimum Gasteiger partial charge on any atom is -0.419 e. The lowest BCUT2D eigenvalue weighted by Crippen LogP contribution is -2.40. The zero-order chi connectivity index (χ0) is 21.8. The van der Waals surface area contributed by atoms with Gasteiger partial charge in [-0.15, -0.1) is 10.2 Å². The average molecular weight is 487 g/mol. The molecule has 1 aliphatic rings. The fraction of sp³-hybridized carbons (Fsp3) is 0.348. The molecule has 1 saturated heterocycles. The number of likely N-dealkylation sites (tertiary alicyclic amines) is 1. The fourth-order valence-corrected chi connectivity index (χ4v) is 4.14. The highest BCUT2D eigenvalue weighted by atomic mass is 79.9. The predicted octanol–water partition coefficient (Wildman–Crippen LogP) is 4.48. The van der Waals surface area contributed by atoms with Crippen LogP contribution in [0.2, 0.25) is 0 Å². The van der Waals surface area contributed by atoms with Gasteiger partial charge in [-0.1, -0.05) is 24.3 Å². The molecule has 1 aliphatic heterocycles. The largest absolute Gasteiger partial charge is 0.419 e. The molecule has 0 unspecified atom stereocenters.